The molecule has 2 aromatic rings. The summed E-state index contributed by atoms with van der Waals surface area (Å²) in [7, 11) is 0. The third kappa shape index (κ3) is 3.53. The van der Waals surface area contributed by atoms with Crippen molar-refractivity contribution < 1.29 is 14.6 Å². The molecule has 19 heavy (non-hydrogen) atoms. The monoisotopic (exact) mass is 258 g/mol. The number of nitrogens with zero attached hydrogens (tertiary/aromatic N) is 1. The van der Waals surface area contributed by atoms with Gasteiger partial charge in [-0.3, -0.25) is 9.78 Å². The number of ether oxygens (including phenoxy) is 1. The molecule has 0 spiro atoms. The molecular weight excluding hydrogens is 244 g/mol. The van der Waals surface area contributed by atoms with Gasteiger partial charge in [-0.1, -0.05) is 0 Å². The highest BCUT2D eigenvalue weighted by Crippen LogP contribution is 2.26. The van der Waals surface area contributed by atoms with Crippen LogP contribution in [0, 0.1) is 6.92 Å². The SMILES string of the molecule is Cc1cc(NC(=O)CO)ccc1Oc1cccnc1. The molecule has 5 nitrogen and oxygen atoms in total. The number of benzene rings is 1. The van der Waals surface area contributed by atoms with Gasteiger partial charge in [0.1, 0.15) is 18.1 Å². The van der Waals surface area contributed by atoms with Crippen molar-refractivity contribution in [3.05, 3.63) is 48.3 Å². The third-order valence-corrected chi connectivity index (χ3v) is 2.46. The molecule has 0 bridgehead atoms. The molecule has 1 aromatic carbocycles. The minimum Gasteiger partial charge on any atom is -0.455 e. The molecule has 0 aliphatic heterocycles. The van der Waals surface area contributed by atoms with E-state index in [1.54, 1.807) is 36.7 Å². The van der Waals surface area contributed by atoms with Crippen LogP contribution < -0.4 is 10.1 Å². The summed E-state index contributed by atoms with van der Waals surface area (Å²) in [4.78, 5) is 15.0. The van der Waals surface area contributed by atoms with Crippen molar-refractivity contribution in [3.63, 3.8) is 0 Å². The number of pyridine rings is 1. The lowest BCUT2D eigenvalue weighted by molar-refractivity contribution is -0.118. The predicted octanol–water partition coefficient (Wildman–Crippen LogP) is 2.11. The molecule has 0 unspecified atom stereocenters. The number of hydrogen-bond acceptors (Lipinski definition) is 4. The average Bonchev–Trinajstić information content (AvgIpc) is 2.43. The van der Waals surface area contributed by atoms with Crippen molar-refractivity contribution in [1.82, 2.24) is 4.98 Å². The largest absolute Gasteiger partial charge is 0.455 e. The van der Waals surface area contributed by atoms with Gasteiger partial charge in [-0.05, 0) is 42.8 Å². The number of anilines is 1. The van der Waals surface area contributed by atoms with E-state index in [1.807, 2.05) is 13.0 Å². The zero-order valence-electron chi connectivity index (χ0n) is 10.5. The number of aliphatic hydroxyl groups excluding tert-OH is 1. The van der Waals surface area contributed by atoms with E-state index in [1.165, 1.54) is 0 Å². The fourth-order valence-electron chi connectivity index (χ4n) is 1.58. The molecule has 5 heteroatoms. The van der Waals surface area contributed by atoms with Gasteiger partial charge in [0.25, 0.3) is 0 Å². The summed E-state index contributed by atoms with van der Waals surface area (Å²) < 4.78 is 5.67. The molecule has 0 radical (unpaired) electrons. The first-order chi connectivity index (χ1) is 9.19. The zero-order valence-corrected chi connectivity index (χ0v) is 10.5. The Kier molecular flexibility index (Phi) is 4.10. The van der Waals surface area contributed by atoms with Crippen LogP contribution in [0.25, 0.3) is 0 Å². The highest BCUT2D eigenvalue weighted by molar-refractivity contribution is 5.91. The first kappa shape index (κ1) is 13.0. The lowest BCUT2D eigenvalue weighted by atomic mass is 10.2. The van der Waals surface area contributed by atoms with Crippen LogP contribution in [0.5, 0.6) is 11.5 Å². The number of aromatic nitrogens is 1. The Hall–Kier alpha value is -2.40. The van der Waals surface area contributed by atoms with Crippen LogP contribution in [0.2, 0.25) is 0 Å². The van der Waals surface area contributed by atoms with Crippen molar-refractivity contribution >= 4 is 11.6 Å². The normalized spacial score (nSPS) is 10.0. The summed E-state index contributed by atoms with van der Waals surface area (Å²) in [5.41, 5.74) is 1.50. The maximum atomic E-state index is 11.1. The molecule has 1 aromatic heterocycles. The van der Waals surface area contributed by atoms with E-state index in [4.69, 9.17) is 9.84 Å². The maximum absolute atomic E-state index is 11.1. The third-order valence-electron chi connectivity index (χ3n) is 2.46. The molecule has 0 atom stereocenters. The summed E-state index contributed by atoms with van der Waals surface area (Å²) in [6.07, 6.45) is 3.30. The molecule has 0 aliphatic rings. The number of aliphatic hydroxyl groups is 1. The smallest absolute Gasteiger partial charge is 0.250 e. The lowest BCUT2D eigenvalue weighted by Crippen LogP contribution is -2.15. The Morgan fingerprint density at radius 3 is 2.89 bits per heavy atom. The highest BCUT2D eigenvalue weighted by atomic mass is 16.5. The molecule has 0 saturated heterocycles. The zero-order chi connectivity index (χ0) is 13.7. The van der Waals surface area contributed by atoms with Crippen LogP contribution in [0.1, 0.15) is 5.56 Å². The Bertz CT molecular complexity index is 570. The fourth-order valence-corrected chi connectivity index (χ4v) is 1.58. The summed E-state index contributed by atoms with van der Waals surface area (Å²) in [6.45, 7) is 1.34. The molecule has 1 amide bonds. The van der Waals surface area contributed by atoms with E-state index < -0.39 is 12.5 Å². The average molecular weight is 258 g/mol. The Balaban J connectivity index is 2.13. The van der Waals surface area contributed by atoms with Crippen LogP contribution >= 0.6 is 0 Å². The molecule has 0 saturated carbocycles. The van der Waals surface area contributed by atoms with Crippen LogP contribution in [-0.4, -0.2) is 22.6 Å². The summed E-state index contributed by atoms with van der Waals surface area (Å²) >= 11 is 0. The van der Waals surface area contributed by atoms with Crippen molar-refractivity contribution in [2.75, 3.05) is 11.9 Å². The summed E-state index contributed by atoms with van der Waals surface area (Å²) in [5.74, 6) is 0.896. The fraction of sp³-hybridized carbons (Fsp3) is 0.143. The first-order valence-electron chi connectivity index (χ1n) is 5.78. The second-order valence-electron chi connectivity index (χ2n) is 3.98. The minimum atomic E-state index is -0.535. The predicted molar refractivity (Wildman–Crippen MR) is 71.2 cm³/mol. The quantitative estimate of drug-likeness (QED) is 0.881. The number of aryl methyl sites for hydroxylation is 1. The number of carbonyl (C=O) groups excluding carboxylic acids is 1. The van der Waals surface area contributed by atoms with Crippen molar-refractivity contribution in [1.29, 1.82) is 0 Å². The van der Waals surface area contributed by atoms with Gasteiger partial charge in [0.05, 0.1) is 6.20 Å². The van der Waals surface area contributed by atoms with Crippen molar-refractivity contribution in [2.24, 2.45) is 0 Å². The number of nitrogens with one attached hydrogen (secondary N) is 1. The van der Waals surface area contributed by atoms with E-state index in [2.05, 4.69) is 10.3 Å². The van der Waals surface area contributed by atoms with Crippen LogP contribution in [0.15, 0.2) is 42.7 Å². The molecule has 2 N–H and O–H groups in total. The Morgan fingerprint density at radius 1 is 1.42 bits per heavy atom. The molecule has 98 valence electrons. The Morgan fingerprint density at radius 2 is 2.26 bits per heavy atom. The van der Waals surface area contributed by atoms with Crippen LogP contribution in [0.4, 0.5) is 5.69 Å². The molecule has 0 aliphatic carbocycles. The van der Waals surface area contributed by atoms with Crippen molar-refractivity contribution in [2.45, 2.75) is 6.92 Å². The molecule has 1 heterocycles. The number of carbonyl (C=O) groups is 1. The van der Waals surface area contributed by atoms with E-state index in [-0.39, 0.29) is 0 Å². The van der Waals surface area contributed by atoms with E-state index in [0.717, 1.165) is 5.56 Å². The minimum absolute atomic E-state index is 0.444. The van der Waals surface area contributed by atoms with Crippen LogP contribution in [0.3, 0.4) is 0 Å². The van der Waals surface area contributed by atoms with Crippen molar-refractivity contribution in [3.8, 4) is 11.5 Å². The van der Waals surface area contributed by atoms with Gasteiger partial charge >= 0.3 is 0 Å². The molecular formula is C14H14N2O3. The van der Waals surface area contributed by atoms with Gasteiger partial charge in [-0.25, -0.2) is 0 Å². The topological polar surface area (TPSA) is 71.5 Å². The van der Waals surface area contributed by atoms with Crippen LogP contribution in [-0.2, 0) is 4.79 Å². The highest BCUT2D eigenvalue weighted by Gasteiger charge is 2.05. The number of amides is 1. The second-order valence-corrected chi connectivity index (χ2v) is 3.98. The molecule has 0 fully saturated rings. The maximum Gasteiger partial charge on any atom is 0.250 e. The summed E-state index contributed by atoms with van der Waals surface area (Å²) in [5, 5.41) is 11.2. The van der Waals surface area contributed by atoms with Gasteiger partial charge < -0.3 is 15.2 Å². The summed E-state index contributed by atoms with van der Waals surface area (Å²) in [6, 6.07) is 8.86. The Labute approximate surface area is 110 Å². The second kappa shape index (κ2) is 5.97. The van der Waals surface area contributed by atoms with E-state index >= 15 is 0 Å². The number of rotatable bonds is 4. The lowest BCUT2D eigenvalue weighted by Gasteiger charge is -2.10. The first-order valence-corrected chi connectivity index (χ1v) is 5.78. The van der Waals surface area contributed by atoms with E-state index in [0.29, 0.717) is 17.2 Å². The standard InChI is InChI=1S/C14H14N2O3/c1-10-7-11(16-14(18)9-17)4-5-13(10)19-12-3-2-6-15-8-12/h2-8,17H,9H2,1H3,(H,16,18). The number of hydrogen-bond donors (Lipinski definition) is 2. The van der Waals surface area contributed by atoms with E-state index in [9.17, 15) is 4.79 Å². The van der Waals surface area contributed by atoms with Gasteiger partial charge in [-0.2, -0.15) is 0 Å². The van der Waals surface area contributed by atoms with Gasteiger partial charge in [0, 0.05) is 11.9 Å². The van der Waals surface area contributed by atoms with Gasteiger partial charge in [0.2, 0.25) is 5.91 Å². The van der Waals surface area contributed by atoms with Gasteiger partial charge in [-0.15, -0.1) is 0 Å². The molecule has 2 rings (SSSR count). The van der Waals surface area contributed by atoms with Gasteiger partial charge in [0.15, 0.2) is 0 Å².